The van der Waals surface area contributed by atoms with Gasteiger partial charge >= 0.3 is 5.97 Å². The predicted octanol–water partition coefficient (Wildman–Crippen LogP) is 3.51. The van der Waals surface area contributed by atoms with Gasteiger partial charge in [-0.3, -0.25) is 0 Å². The van der Waals surface area contributed by atoms with Crippen LogP contribution in [0.4, 0.5) is 0 Å². The molecule has 0 bridgehead atoms. The summed E-state index contributed by atoms with van der Waals surface area (Å²) < 4.78 is 0. The first kappa shape index (κ1) is 12.3. The van der Waals surface area contributed by atoms with Crippen LogP contribution in [0, 0.1) is 13.8 Å². The Morgan fingerprint density at radius 2 is 1.88 bits per heavy atom. The Hall–Kier alpha value is -1.77. The fraction of sp³-hybridized carbons (Fsp3) is 0.308. The van der Waals surface area contributed by atoms with Gasteiger partial charge in [-0.25, -0.2) is 4.79 Å². The highest BCUT2D eigenvalue weighted by Gasteiger charge is 2.13. The first-order chi connectivity index (χ1) is 7.61. The van der Waals surface area contributed by atoms with Crippen molar-refractivity contribution in [3.8, 4) is 0 Å². The molecule has 2 aromatic rings. The molecule has 1 heterocycles. The number of aromatic nitrogens is 1. The van der Waals surface area contributed by atoms with E-state index in [0.717, 1.165) is 22.0 Å². The van der Waals surface area contributed by atoms with Gasteiger partial charge in [-0.05, 0) is 25.0 Å². The van der Waals surface area contributed by atoms with Gasteiger partial charge in [0.2, 0.25) is 0 Å². The number of hydrogen-bond acceptors (Lipinski definition) is 1. The molecule has 0 atom stereocenters. The van der Waals surface area contributed by atoms with Gasteiger partial charge in [-0.1, -0.05) is 32.0 Å². The van der Waals surface area contributed by atoms with E-state index in [1.54, 1.807) is 0 Å². The zero-order valence-corrected chi connectivity index (χ0v) is 10.1. The van der Waals surface area contributed by atoms with Gasteiger partial charge in [-0.15, -0.1) is 0 Å². The van der Waals surface area contributed by atoms with Crippen molar-refractivity contribution in [2.45, 2.75) is 27.7 Å². The standard InChI is InChI=1S/C11H11NO2.C2H6/c1-6-4-3-5-8-7(2)10(11(13)14)12-9(6)8;1-2/h3-5,12H,1-2H3,(H,13,14);1-2H3. The maximum absolute atomic E-state index is 10.9. The molecule has 86 valence electrons. The summed E-state index contributed by atoms with van der Waals surface area (Å²) in [5.74, 6) is -0.905. The predicted molar refractivity (Wildman–Crippen MR) is 66.1 cm³/mol. The second-order valence-corrected chi connectivity index (χ2v) is 3.43. The molecule has 0 amide bonds. The minimum Gasteiger partial charge on any atom is -0.477 e. The van der Waals surface area contributed by atoms with E-state index >= 15 is 0 Å². The van der Waals surface area contributed by atoms with Crippen LogP contribution in [0.5, 0.6) is 0 Å². The van der Waals surface area contributed by atoms with E-state index < -0.39 is 5.97 Å². The van der Waals surface area contributed by atoms with Crippen LogP contribution in [0.25, 0.3) is 10.9 Å². The minimum atomic E-state index is -0.905. The maximum atomic E-state index is 10.9. The third-order valence-electron chi connectivity index (χ3n) is 2.52. The van der Waals surface area contributed by atoms with Gasteiger partial charge in [0.1, 0.15) is 5.69 Å². The van der Waals surface area contributed by atoms with Crippen LogP contribution in [0.2, 0.25) is 0 Å². The third kappa shape index (κ3) is 1.94. The summed E-state index contributed by atoms with van der Waals surface area (Å²) >= 11 is 0. The van der Waals surface area contributed by atoms with Gasteiger partial charge in [-0.2, -0.15) is 0 Å². The Morgan fingerprint density at radius 3 is 2.38 bits per heavy atom. The lowest BCUT2D eigenvalue weighted by atomic mass is 10.1. The van der Waals surface area contributed by atoms with E-state index in [1.807, 2.05) is 45.9 Å². The summed E-state index contributed by atoms with van der Waals surface area (Å²) in [6.45, 7) is 7.78. The quantitative estimate of drug-likeness (QED) is 0.771. The van der Waals surface area contributed by atoms with E-state index in [2.05, 4.69) is 4.98 Å². The van der Waals surface area contributed by atoms with Gasteiger partial charge in [0, 0.05) is 10.9 Å². The molecule has 2 N–H and O–H groups in total. The lowest BCUT2D eigenvalue weighted by Gasteiger charge is -1.94. The SMILES string of the molecule is CC.Cc1c(C(=O)O)[nH]c2c(C)cccc12. The molecule has 0 fully saturated rings. The number of hydrogen-bond donors (Lipinski definition) is 2. The summed E-state index contributed by atoms with van der Waals surface area (Å²) in [5, 5.41) is 9.91. The highest BCUT2D eigenvalue weighted by atomic mass is 16.4. The van der Waals surface area contributed by atoms with Crippen molar-refractivity contribution in [2.24, 2.45) is 0 Å². The van der Waals surface area contributed by atoms with Gasteiger partial charge in [0.25, 0.3) is 0 Å². The Kier molecular flexibility index (Phi) is 3.72. The minimum absolute atomic E-state index is 0.286. The number of fused-ring (bicyclic) bond motifs is 1. The van der Waals surface area contributed by atoms with E-state index in [-0.39, 0.29) is 5.69 Å². The number of rotatable bonds is 1. The Bertz CT molecular complexity index is 512. The molecular formula is C13H17NO2. The molecule has 3 nitrogen and oxygen atoms in total. The molecule has 3 heteroatoms. The largest absolute Gasteiger partial charge is 0.477 e. The van der Waals surface area contributed by atoms with E-state index in [0.29, 0.717) is 0 Å². The van der Waals surface area contributed by atoms with Crippen molar-refractivity contribution in [2.75, 3.05) is 0 Å². The van der Waals surface area contributed by atoms with Crippen molar-refractivity contribution >= 4 is 16.9 Å². The number of H-pyrrole nitrogens is 1. The molecule has 1 aromatic carbocycles. The number of nitrogens with one attached hydrogen (secondary N) is 1. The summed E-state index contributed by atoms with van der Waals surface area (Å²) in [6.07, 6.45) is 0. The van der Waals surface area contributed by atoms with Crippen molar-refractivity contribution < 1.29 is 9.90 Å². The molecule has 16 heavy (non-hydrogen) atoms. The third-order valence-corrected chi connectivity index (χ3v) is 2.52. The highest BCUT2D eigenvalue weighted by molar-refractivity contribution is 5.98. The van der Waals surface area contributed by atoms with Crippen LogP contribution >= 0.6 is 0 Å². The number of aromatic amines is 1. The average molecular weight is 219 g/mol. The van der Waals surface area contributed by atoms with Crippen LogP contribution in [0.3, 0.4) is 0 Å². The van der Waals surface area contributed by atoms with Gasteiger partial charge in [0.05, 0.1) is 0 Å². The molecular weight excluding hydrogens is 202 g/mol. The zero-order valence-electron chi connectivity index (χ0n) is 10.1. The summed E-state index contributed by atoms with van der Waals surface area (Å²) in [5.41, 5.74) is 3.08. The Morgan fingerprint density at radius 1 is 1.25 bits per heavy atom. The molecule has 0 aliphatic carbocycles. The Balaban J connectivity index is 0.000000606. The fourth-order valence-electron chi connectivity index (χ4n) is 1.71. The molecule has 0 spiro atoms. The summed E-state index contributed by atoms with van der Waals surface area (Å²) in [4.78, 5) is 13.8. The molecule has 0 aliphatic heterocycles. The van der Waals surface area contributed by atoms with Crippen LogP contribution in [-0.4, -0.2) is 16.1 Å². The van der Waals surface area contributed by atoms with E-state index in [4.69, 9.17) is 5.11 Å². The maximum Gasteiger partial charge on any atom is 0.352 e. The first-order valence-corrected chi connectivity index (χ1v) is 5.42. The van der Waals surface area contributed by atoms with Crippen LogP contribution < -0.4 is 0 Å². The van der Waals surface area contributed by atoms with E-state index in [1.165, 1.54) is 0 Å². The molecule has 0 saturated heterocycles. The van der Waals surface area contributed by atoms with Crippen molar-refractivity contribution in [1.29, 1.82) is 0 Å². The average Bonchev–Trinajstić information content (AvgIpc) is 2.61. The topological polar surface area (TPSA) is 53.1 Å². The van der Waals surface area contributed by atoms with Crippen molar-refractivity contribution in [1.82, 2.24) is 4.98 Å². The second kappa shape index (κ2) is 4.84. The lowest BCUT2D eigenvalue weighted by Crippen LogP contribution is -1.98. The fourth-order valence-corrected chi connectivity index (χ4v) is 1.71. The van der Waals surface area contributed by atoms with Gasteiger partial charge in [0.15, 0.2) is 0 Å². The normalized spacial score (nSPS) is 9.75. The molecule has 0 saturated carbocycles. The van der Waals surface area contributed by atoms with Crippen LogP contribution in [0.15, 0.2) is 18.2 Å². The van der Waals surface area contributed by atoms with Crippen LogP contribution in [-0.2, 0) is 0 Å². The molecule has 0 radical (unpaired) electrons. The van der Waals surface area contributed by atoms with Gasteiger partial charge < -0.3 is 10.1 Å². The van der Waals surface area contributed by atoms with E-state index in [9.17, 15) is 4.79 Å². The monoisotopic (exact) mass is 219 g/mol. The zero-order chi connectivity index (χ0) is 12.3. The Labute approximate surface area is 95.1 Å². The number of carboxylic acids is 1. The number of para-hydroxylation sites is 1. The summed E-state index contributed by atoms with van der Waals surface area (Å²) in [6, 6.07) is 5.83. The number of carboxylic acid groups (broad SMARTS) is 1. The van der Waals surface area contributed by atoms with Crippen LogP contribution in [0.1, 0.15) is 35.5 Å². The summed E-state index contributed by atoms with van der Waals surface area (Å²) in [7, 11) is 0. The number of aryl methyl sites for hydroxylation is 2. The highest BCUT2D eigenvalue weighted by Crippen LogP contribution is 2.23. The first-order valence-electron chi connectivity index (χ1n) is 5.42. The molecule has 0 unspecified atom stereocenters. The molecule has 1 aromatic heterocycles. The smallest absolute Gasteiger partial charge is 0.352 e. The number of benzene rings is 1. The van der Waals surface area contributed by atoms with Crippen molar-refractivity contribution in [3.63, 3.8) is 0 Å². The number of carbonyl (C=O) groups is 1. The molecule has 0 aliphatic rings. The second-order valence-electron chi connectivity index (χ2n) is 3.43. The van der Waals surface area contributed by atoms with Crippen molar-refractivity contribution in [3.05, 3.63) is 35.0 Å². The molecule has 2 rings (SSSR count). The lowest BCUT2D eigenvalue weighted by molar-refractivity contribution is 0.0691. The number of aromatic carboxylic acids is 1.